The molecular formula is C16H17ClFNO. The third-order valence-electron chi connectivity index (χ3n) is 3.24. The molecule has 2 aromatic carbocycles. The molecule has 0 amide bonds. The van der Waals surface area contributed by atoms with E-state index < -0.39 is 0 Å². The first kappa shape index (κ1) is 14.8. The molecule has 106 valence electrons. The normalized spacial score (nSPS) is 12.2. The van der Waals surface area contributed by atoms with Crippen molar-refractivity contribution in [2.24, 2.45) is 0 Å². The van der Waals surface area contributed by atoms with E-state index in [2.05, 4.69) is 5.32 Å². The summed E-state index contributed by atoms with van der Waals surface area (Å²) in [5.74, 6) is 0.517. The van der Waals surface area contributed by atoms with E-state index in [1.165, 1.54) is 6.07 Å². The van der Waals surface area contributed by atoms with E-state index in [4.69, 9.17) is 16.3 Å². The van der Waals surface area contributed by atoms with Gasteiger partial charge in [-0.25, -0.2) is 4.39 Å². The molecule has 0 heterocycles. The molecule has 0 spiro atoms. The highest BCUT2D eigenvalue weighted by Gasteiger charge is 2.10. The van der Waals surface area contributed by atoms with Crippen LogP contribution in [0, 0.1) is 5.82 Å². The molecule has 0 saturated carbocycles. The van der Waals surface area contributed by atoms with Gasteiger partial charge >= 0.3 is 0 Å². The van der Waals surface area contributed by atoms with Crippen molar-refractivity contribution >= 4 is 11.6 Å². The zero-order chi connectivity index (χ0) is 14.5. The minimum absolute atomic E-state index is 0.0702. The van der Waals surface area contributed by atoms with Crippen LogP contribution >= 0.6 is 11.6 Å². The smallest absolute Gasteiger partial charge is 0.129 e. The molecule has 0 saturated heterocycles. The number of nitrogens with one attached hydrogen (secondary N) is 1. The van der Waals surface area contributed by atoms with Crippen molar-refractivity contribution in [3.63, 3.8) is 0 Å². The van der Waals surface area contributed by atoms with Gasteiger partial charge in [0.25, 0.3) is 0 Å². The van der Waals surface area contributed by atoms with Crippen molar-refractivity contribution in [1.29, 1.82) is 0 Å². The minimum Gasteiger partial charge on any atom is -0.497 e. The van der Waals surface area contributed by atoms with Gasteiger partial charge in [-0.2, -0.15) is 0 Å². The zero-order valence-corrected chi connectivity index (χ0v) is 12.2. The average molecular weight is 294 g/mol. The van der Waals surface area contributed by atoms with Crippen LogP contribution in [0.3, 0.4) is 0 Å². The van der Waals surface area contributed by atoms with E-state index >= 15 is 0 Å². The number of hydrogen-bond acceptors (Lipinski definition) is 2. The monoisotopic (exact) mass is 293 g/mol. The fourth-order valence-electron chi connectivity index (χ4n) is 1.99. The Morgan fingerprint density at radius 1 is 1.25 bits per heavy atom. The third-order valence-corrected chi connectivity index (χ3v) is 3.59. The van der Waals surface area contributed by atoms with Gasteiger partial charge in [0.1, 0.15) is 11.6 Å². The predicted molar refractivity (Wildman–Crippen MR) is 79.7 cm³/mol. The Morgan fingerprint density at radius 3 is 2.70 bits per heavy atom. The number of ether oxygens (including phenoxy) is 1. The number of rotatable bonds is 5. The lowest BCUT2D eigenvalue weighted by Gasteiger charge is -2.16. The Morgan fingerprint density at radius 2 is 2.00 bits per heavy atom. The molecule has 4 heteroatoms. The topological polar surface area (TPSA) is 21.3 Å². The van der Waals surface area contributed by atoms with Crippen LogP contribution in [-0.2, 0) is 6.54 Å². The first-order valence-corrected chi connectivity index (χ1v) is 6.80. The number of halogens is 2. The second-order valence-electron chi connectivity index (χ2n) is 4.58. The molecule has 0 bridgehead atoms. The van der Waals surface area contributed by atoms with Gasteiger partial charge in [-0.3, -0.25) is 0 Å². The highest BCUT2D eigenvalue weighted by Crippen LogP contribution is 2.22. The van der Waals surface area contributed by atoms with Crippen molar-refractivity contribution in [2.45, 2.75) is 19.5 Å². The number of hydrogen-bond donors (Lipinski definition) is 1. The van der Waals surface area contributed by atoms with Gasteiger partial charge in [-0.15, -0.1) is 0 Å². The summed E-state index contributed by atoms with van der Waals surface area (Å²) in [6.45, 7) is 2.40. The fourth-order valence-corrected chi connectivity index (χ4v) is 2.21. The summed E-state index contributed by atoms with van der Waals surface area (Å²) < 4.78 is 18.9. The summed E-state index contributed by atoms with van der Waals surface area (Å²) in [4.78, 5) is 0. The molecule has 20 heavy (non-hydrogen) atoms. The predicted octanol–water partition coefficient (Wildman–Crippen LogP) is 4.34. The summed E-state index contributed by atoms with van der Waals surface area (Å²) in [5, 5.41) is 3.71. The Bertz CT molecular complexity index is 568. The van der Waals surface area contributed by atoms with E-state index in [0.717, 1.165) is 11.3 Å². The average Bonchev–Trinajstić information content (AvgIpc) is 2.46. The highest BCUT2D eigenvalue weighted by molar-refractivity contribution is 6.31. The summed E-state index contributed by atoms with van der Waals surface area (Å²) in [7, 11) is 1.64. The number of methoxy groups -OCH3 is 1. The molecule has 0 unspecified atom stereocenters. The van der Waals surface area contributed by atoms with Crippen molar-refractivity contribution in [3.8, 4) is 5.75 Å². The molecule has 0 aliphatic carbocycles. The van der Waals surface area contributed by atoms with Crippen LogP contribution in [0.4, 0.5) is 4.39 Å². The second-order valence-corrected chi connectivity index (χ2v) is 4.99. The largest absolute Gasteiger partial charge is 0.497 e. The maximum Gasteiger partial charge on any atom is 0.129 e. The van der Waals surface area contributed by atoms with E-state index in [0.29, 0.717) is 17.1 Å². The molecule has 0 fully saturated rings. The Hall–Kier alpha value is -1.58. The van der Waals surface area contributed by atoms with Crippen LogP contribution in [0.15, 0.2) is 42.5 Å². The Balaban J connectivity index is 2.06. The van der Waals surface area contributed by atoms with Crippen LogP contribution in [0.25, 0.3) is 0 Å². The van der Waals surface area contributed by atoms with Gasteiger partial charge in [0.15, 0.2) is 0 Å². The lowest BCUT2D eigenvalue weighted by molar-refractivity contribution is 0.413. The van der Waals surface area contributed by atoms with Crippen LogP contribution in [-0.4, -0.2) is 7.11 Å². The van der Waals surface area contributed by atoms with E-state index in [1.54, 1.807) is 19.2 Å². The van der Waals surface area contributed by atoms with Crippen molar-refractivity contribution in [3.05, 3.63) is 64.4 Å². The second kappa shape index (κ2) is 6.73. The van der Waals surface area contributed by atoms with Gasteiger partial charge in [-0.05, 0) is 36.8 Å². The molecule has 0 aliphatic rings. The quantitative estimate of drug-likeness (QED) is 0.885. The van der Waals surface area contributed by atoms with Crippen LogP contribution in [0.1, 0.15) is 24.1 Å². The number of benzene rings is 2. The van der Waals surface area contributed by atoms with Crippen LogP contribution in [0.5, 0.6) is 5.75 Å². The molecule has 1 atom stereocenters. The standard InChI is InChI=1S/C16H17ClFNO/c1-11(12-5-3-6-13(9-12)20-2)19-10-14-15(17)7-4-8-16(14)18/h3-9,11,19H,10H2,1-2H3/t11-/m1/s1. The van der Waals surface area contributed by atoms with E-state index in [-0.39, 0.29) is 11.9 Å². The minimum atomic E-state index is -0.289. The van der Waals surface area contributed by atoms with Gasteiger partial charge in [-0.1, -0.05) is 29.8 Å². The van der Waals surface area contributed by atoms with Crippen LogP contribution in [0.2, 0.25) is 5.02 Å². The van der Waals surface area contributed by atoms with Crippen molar-refractivity contribution < 1.29 is 9.13 Å². The molecule has 0 radical (unpaired) electrons. The molecule has 2 nitrogen and oxygen atoms in total. The lowest BCUT2D eigenvalue weighted by atomic mass is 10.1. The third kappa shape index (κ3) is 3.50. The molecule has 1 N–H and O–H groups in total. The zero-order valence-electron chi connectivity index (χ0n) is 11.5. The van der Waals surface area contributed by atoms with E-state index in [9.17, 15) is 4.39 Å². The van der Waals surface area contributed by atoms with Gasteiger partial charge < -0.3 is 10.1 Å². The summed E-state index contributed by atoms with van der Waals surface area (Å²) in [5.41, 5.74) is 1.57. The summed E-state index contributed by atoms with van der Waals surface area (Å²) >= 11 is 6.01. The Labute approximate surface area is 123 Å². The summed E-state index contributed by atoms with van der Waals surface area (Å²) in [6.07, 6.45) is 0. The Kier molecular flexibility index (Phi) is 4.99. The molecule has 2 aromatic rings. The molecule has 0 aromatic heterocycles. The SMILES string of the molecule is COc1cccc([C@@H](C)NCc2c(F)cccc2Cl)c1. The van der Waals surface area contributed by atoms with Crippen LogP contribution < -0.4 is 10.1 Å². The maximum atomic E-state index is 13.7. The fraction of sp³-hybridized carbons (Fsp3) is 0.250. The van der Waals surface area contributed by atoms with Gasteiger partial charge in [0.05, 0.1) is 7.11 Å². The molecular weight excluding hydrogens is 277 g/mol. The first-order valence-electron chi connectivity index (χ1n) is 6.42. The molecule has 2 rings (SSSR count). The lowest BCUT2D eigenvalue weighted by Crippen LogP contribution is -2.19. The van der Waals surface area contributed by atoms with Gasteiger partial charge in [0, 0.05) is 23.2 Å². The van der Waals surface area contributed by atoms with Crippen molar-refractivity contribution in [1.82, 2.24) is 5.32 Å². The van der Waals surface area contributed by atoms with Crippen molar-refractivity contribution in [2.75, 3.05) is 7.11 Å². The highest BCUT2D eigenvalue weighted by atomic mass is 35.5. The maximum absolute atomic E-state index is 13.7. The van der Waals surface area contributed by atoms with E-state index in [1.807, 2.05) is 31.2 Å². The summed E-state index contributed by atoms with van der Waals surface area (Å²) in [6, 6.07) is 12.6. The first-order chi connectivity index (χ1) is 9.61. The van der Waals surface area contributed by atoms with Gasteiger partial charge in [0.2, 0.25) is 0 Å². The molecule has 0 aliphatic heterocycles.